The Labute approximate surface area is 181 Å². The van der Waals surface area contributed by atoms with Gasteiger partial charge < -0.3 is 15.3 Å². The van der Waals surface area contributed by atoms with Crippen LogP contribution in [-0.4, -0.2) is 42.4 Å². The Hall–Kier alpha value is -1.91. The van der Waals surface area contributed by atoms with E-state index in [4.69, 9.17) is 10.1 Å². The molecule has 1 saturated heterocycles. The van der Waals surface area contributed by atoms with Gasteiger partial charge in [-0.2, -0.15) is 0 Å². The van der Waals surface area contributed by atoms with Crippen LogP contribution in [0.5, 0.6) is 0 Å². The molecule has 4 heteroatoms. The second-order valence-electron chi connectivity index (χ2n) is 10.4. The van der Waals surface area contributed by atoms with Gasteiger partial charge in [-0.3, -0.25) is 0 Å². The first-order valence-electron chi connectivity index (χ1n) is 11.5. The van der Waals surface area contributed by atoms with Gasteiger partial charge in [-0.15, -0.1) is 0 Å². The molecule has 2 aromatic rings. The third kappa shape index (κ3) is 4.26. The fourth-order valence-corrected chi connectivity index (χ4v) is 5.03. The van der Waals surface area contributed by atoms with Crippen LogP contribution in [-0.2, 0) is 10.8 Å². The van der Waals surface area contributed by atoms with Gasteiger partial charge in [0.25, 0.3) is 0 Å². The van der Waals surface area contributed by atoms with Gasteiger partial charge in [-0.25, -0.2) is 4.98 Å². The first-order valence-corrected chi connectivity index (χ1v) is 11.5. The predicted molar refractivity (Wildman–Crippen MR) is 125 cm³/mol. The summed E-state index contributed by atoms with van der Waals surface area (Å²) in [4.78, 5) is 7.43. The summed E-state index contributed by atoms with van der Waals surface area (Å²) in [5.74, 6) is 1.07. The van der Waals surface area contributed by atoms with E-state index in [1.807, 2.05) is 0 Å². The van der Waals surface area contributed by atoms with Crippen LogP contribution in [0.2, 0.25) is 0 Å². The van der Waals surface area contributed by atoms with Gasteiger partial charge in [-0.1, -0.05) is 45.9 Å². The smallest absolute Gasteiger partial charge is 0.129 e. The van der Waals surface area contributed by atoms with Crippen molar-refractivity contribution < 1.29 is 5.11 Å². The third-order valence-corrected chi connectivity index (χ3v) is 7.16. The lowest BCUT2D eigenvalue weighted by molar-refractivity contribution is 0.284. The van der Waals surface area contributed by atoms with Crippen LogP contribution in [0, 0.1) is 0 Å². The summed E-state index contributed by atoms with van der Waals surface area (Å²) in [6, 6.07) is 13.9. The van der Waals surface area contributed by atoms with Gasteiger partial charge in [0.1, 0.15) is 5.82 Å². The Morgan fingerprint density at radius 2 is 1.83 bits per heavy atom. The van der Waals surface area contributed by atoms with Crippen molar-refractivity contribution in [3.63, 3.8) is 0 Å². The normalized spacial score (nSPS) is 22.2. The molecule has 30 heavy (non-hydrogen) atoms. The van der Waals surface area contributed by atoms with Crippen molar-refractivity contribution in [2.75, 3.05) is 31.1 Å². The van der Waals surface area contributed by atoms with Crippen LogP contribution in [0.15, 0.2) is 36.4 Å². The summed E-state index contributed by atoms with van der Waals surface area (Å²) in [5.41, 5.74) is 5.71. The molecular weight excluding hydrogens is 370 g/mol. The first-order chi connectivity index (χ1) is 14.3. The minimum atomic E-state index is 0.209. The molecule has 1 aromatic heterocycles. The number of nitrogens with one attached hydrogen (secondary N) is 1. The van der Waals surface area contributed by atoms with Gasteiger partial charge in [0, 0.05) is 31.3 Å². The minimum absolute atomic E-state index is 0.209. The molecule has 0 bridgehead atoms. The van der Waals surface area contributed by atoms with E-state index in [1.54, 1.807) is 0 Å². The van der Waals surface area contributed by atoms with E-state index in [9.17, 15) is 0 Å². The van der Waals surface area contributed by atoms with E-state index in [1.165, 1.54) is 29.5 Å². The molecule has 1 unspecified atom stereocenters. The zero-order chi connectivity index (χ0) is 21.4. The molecule has 1 aromatic carbocycles. The average molecular weight is 408 g/mol. The summed E-state index contributed by atoms with van der Waals surface area (Å²) in [5, 5.41) is 12.5. The average Bonchev–Trinajstić information content (AvgIpc) is 3.21. The highest BCUT2D eigenvalue weighted by Gasteiger charge is 2.37. The number of aliphatic hydroxyl groups excluding tert-OH is 1. The fourth-order valence-electron chi connectivity index (χ4n) is 5.03. The molecule has 1 aliphatic carbocycles. The summed E-state index contributed by atoms with van der Waals surface area (Å²) in [6.45, 7) is 12.6. The summed E-state index contributed by atoms with van der Waals surface area (Å²) in [7, 11) is 0. The molecule has 4 rings (SSSR count). The molecule has 1 aliphatic heterocycles. The molecule has 1 atom stereocenters. The molecule has 0 spiro atoms. The molecule has 0 amide bonds. The van der Waals surface area contributed by atoms with Gasteiger partial charge >= 0.3 is 0 Å². The lowest BCUT2D eigenvalue weighted by Gasteiger charge is -2.42. The van der Waals surface area contributed by atoms with Crippen molar-refractivity contribution in [1.29, 1.82) is 0 Å². The fraction of sp³-hybridized carbons (Fsp3) is 0.577. The number of aliphatic hydroxyl groups is 1. The third-order valence-electron chi connectivity index (χ3n) is 7.16. The molecule has 2 N–H and O–H groups in total. The second kappa shape index (κ2) is 8.32. The maximum atomic E-state index is 8.98. The van der Waals surface area contributed by atoms with Crippen LogP contribution in [0.3, 0.4) is 0 Å². The lowest BCUT2D eigenvalue weighted by atomic mass is 9.63. The number of benzene rings is 1. The van der Waals surface area contributed by atoms with Gasteiger partial charge in [0.15, 0.2) is 0 Å². The number of aromatic nitrogens is 1. The highest BCUT2D eigenvalue weighted by Crippen LogP contribution is 2.46. The zero-order valence-electron chi connectivity index (χ0n) is 19.0. The van der Waals surface area contributed by atoms with Crippen LogP contribution >= 0.6 is 0 Å². The highest BCUT2D eigenvalue weighted by molar-refractivity contribution is 5.65. The second-order valence-corrected chi connectivity index (χ2v) is 10.4. The Kier molecular flexibility index (Phi) is 5.91. The molecule has 162 valence electrons. The number of hydrogen-bond acceptors (Lipinski definition) is 4. The van der Waals surface area contributed by atoms with Crippen LogP contribution in [0.4, 0.5) is 5.82 Å². The quantitative estimate of drug-likeness (QED) is 0.685. The van der Waals surface area contributed by atoms with Gasteiger partial charge in [0.05, 0.1) is 5.69 Å². The van der Waals surface area contributed by atoms with Gasteiger partial charge in [-0.05, 0) is 72.4 Å². The molecule has 0 radical (unpaired) electrons. The van der Waals surface area contributed by atoms with Crippen molar-refractivity contribution in [3.8, 4) is 11.3 Å². The number of nitrogens with zero attached hydrogens (tertiary/aromatic N) is 2. The van der Waals surface area contributed by atoms with E-state index in [-0.39, 0.29) is 17.4 Å². The minimum Gasteiger partial charge on any atom is -0.396 e. The molecule has 1 fully saturated rings. The van der Waals surface area contributed by atoms with Crippen molar-refractivity contribution in [2.45, 2.75) is 70.3 Å². The van der Waals surface area contributed by atoms with Crippen molar-refractivity contribution >= 4 is 5.82 Å². The van der Waals surface area contributed by atoms with Crippen molar-refractivity contribution in [3.05, 3.63) is 47.5 Å². The molecule has 2 aliphatic rings. The van der Waals surface area contributed by atoms with E-state index in [2.05, 4.69) is 74.3 Å². The van der Waals surface area contributed by atoms with Crippen LogP contribution in [0.25, 0.3) is 11.3 Å². The van der Waals surface area contributed by atoms with E-state index < -0.39 is 0 Å². The first kappa shape index (κ1) is 21.3. The Morgan fingerprint density at radius 1 is 1.07 bits per heavy atom. The maximum absolute atomic E-state index is 8.98. The summed E-state index contributed by atoms with van der Waals surface area (Å²) >= 11 is 0. The van der Waals surface area contributed by atoms with Crippen molar-refractivity contribution in [1.82, 2.24) is 10.3 Å². The number of rotatable bonds is 6. The largest absolute Gasteiger partial charge is 0.396 e. The maximum Gasteiger partial charge on any atom is 0.129 e. The number of anilines is 1. The highest BCUT2D eigenvalue weighted by atomic mass is 16.3. The monoisotopic (exact) mass is 407 g/mol. The SMILES string of the molecule is CC1(C)CCC(C)(C)c2cc(-c3cccc(N4CCC(NCCCO)C4)n3)ccc21. The number of pyridine rings is 1. The Balaban J connectivity index is 1.57. The van der Waals surface area contributed by atoms with Crippen LogP contribution in [0.1, 0.15) is 64.5 Å². The lowest BCUT2D eigenvalue weighted by Crippen LogP contribution is -2.33. The van der Waals surface area contributed by atoms with E-state index >= 15 is 0 Å². The number of hydrogen-bond donors (Lipinski definition) is 2. The van der Waals surface area contributed by atoms with Crippen molar-refractivity contribution in [2.24, 2.45) is 0 Å². The zero-order valence-corrected chi connectivity index (χ0v) is 19.0. The summed E-state index contributed by atoms with van der Waals surface area (Å²) < 4.78 is 0. The Morgan fingerprint density at radius 3 is 2.60 bits per heavy atom. The number of fused-ring (bicyclic) bond motifs is 1. The molecule has 2 heterocycles. The summed E-state index contributed by atoms with van der Waals surface area (Å²) in [6.07, 6.45) is 4.40. The topological polar surface area (TPSA) is 48.4 Å². The van der Waals surface area contributed by atoms with E-state index in [0.717, 1.165) is 44.0 Å². The standard InChI is InChI=1S/C26H37N3O/c1-25(2)12-13-26(3,4)22-17-19(9-10-21(22)25)23-7-5-8-24(28-23)29-15-11-20(18-29)27-14-6-16-30/h5,7-10,17,20,27,30H,6,11-16,18H2,1-4H3. The molecular formula is C26H37N3O. The Bertz CT molecular complexity index is 890. The van der Waals surface area contributed by atoms with E-state index in [0.29, 0.717) is 6.04 Å². The van der Waals surface area contributed by atoms with Crippen LogP contribution < -0.4 is 10.2 Å². The molecule has 0 saturated carbocycles. The predicted octanol–water partition coefficient (Wildman–Crippen LogP) is 4.65. The van der Waals surface area contributed by atoms with Gasteiger partial charge in [0.2, 0.25) is 0 Å². The molecule has 4 nitrogen and oxygen atoms in total.